The second-order valence-corrected chi connectivity index (χ2v) is 4.56. The maximum absolute atomic E-state index is 11.7. The lowest BCUT2D eigenvalue weighted by Gasteiger charge is -2.10. The van der Waals surface area contributed by atoms with Crippen LogP contribution in [0.4, 0.5) is 5.69 Å². The molecule has 1 heterocycles. The van der Waals surface area contributed by atoms with Crippen LogP contribution >= 0.6 is 0 Å². The lowest BCUT2D eigenvalue weighted by molar-refractivity contribution is -0.138. The average molecular weight is 333 g/mol. The molecule has 0 saturated carbocycles. The highest BCUT2D eigenvalue weighted by atomic mass is 16.5. The number of methoxy groups -OCH3 is 2. The summed E-state index contributed by atoms with van der Waals surface area (Å²) in [6.07, 6.45) is 0.954. The minimum Gasteiger partial charge on any atom is -0.507 e. The van der Waals surface area contributed by atoms with E-state index < -0.39 is 11.9 Å². The Kier molecular flexibility index (Phi) is 5.15. The van der Waals surface area contributed by atoms with Crippen molar-refractivity contribution >= 4 is 17.6 Å². The first-order valence-corrected chi connectivity index (χ1v) is 6.73. The van der Waals surface area contributed by atoms with E-state index in [2.05, 4.69) is 25.0 Å². The summed E-state index contributed by atoms with van der Waals surface area (Å²) in [7, 11) is 2.36. The fourth-order valence-electron chi connectivity index (χ4n) is 1.78. The van der Waals surface area contributed by atoms with Gasteiger partial charge in [-0.3, -0.25) is 0 Å². The van der Waals surface area contributed by atoms with Crippen molar-refractivity contribution in [3.8, 4) is 17.2 Å². The number of nitrogens with one attached hydrogen (secondary N) is 1. The van der Waals surface area contributed by atoms with Gasteiger partial charge in [-0.15, -0.1) is 10.2 Å². The Balaban J connectivity index is 2.36. The number of ether oxygens (including phenoxy) is 2. The van der Waals surface area contributed by atoms with Gasteiger partial charge in [-0.05, 0) is 18.2 Å². The van der Waals surface area contributed by atoms with E-state index in [0.717, 1.165) is 6.08 Å². The van der Waals surface area contributed by atoms with Crippen LogP contribution in [0.15, 0.2) is 34.4 Å². The molecule has 0 bridgehead atoms. The van der Waals surface area contributed by atoms with Crippen LogP contribution in [-0.2, 0) is 19.1 Å². The van der Waals surface area contributed by atoms with Gasteiger partial charge in [0.15, 0.2) is 0 Å². The molecule has 2 rings (SSSR count). The average Bonchev–Trinajstić information content (AvgIpc) is 3.01. The molecular weight excluding hydrogens is 318 g/mol. The largest absolute Gasteiger partial charge is 0.507 e. The number of hydrogen-bond donors (Lipinski definition) is 2. The van der Waals surface area contributed by atoms with Crippen molar-refractivity contribution in [3.05, 3.63) is 35.9 Å². The van der Waals surface area contributed by atoms with Gasteiger partial charge in [0.2, 0.25) is 5.89 Å². The number of aryl methyl sites for hydroxylation is 1. The van der Waals surface area contributed by atoms with Crippen molar-refractivity contribution < 1.29 is 28.6 Å². The summed E-state index contributed by atoms with van der Waals surface area (Å²) < 4.78 is 14.4. The molecule has 0 fully saturated rings. The molecule has 0 aliphatic heterocycles. The minimum absolute atomic E-state index is 0.0826. The van der Waals surface area contributed by atoms with Crippen molar-refractivity contribution in [1.29, 1.82) is 0 Å². The molecule has 126 valence electrons. The molecule has 0 atom stereocenters. The smallest absolute Gasteiger partial charge is 0.354 e. The summed E-state index contributed by atoms with van der Waals surface area (Å²) in [5.74, 6) is -1.12. The molecule has 9 heteroatoms. The number of hydrogen-bond acceptors (Lipinski definition) is 9. The van der Waals surface area contributed by atoms with Gasteiger partial charge in [0, 0.05) is 12.6 Å². The van der Waals surface area contributed by atoms with Crippen molar-refractivity contribution in [3.63, 3.8) is 0 Å². The molecular formula is C15H15N3O6. The van der Waals surface area contributed by atoms with E-state index in [4.69, 9.17) is 4.42 Å². The van der Waals surface area contributed by atoms with Gasteiger partial charge in [-0.25, -0.2) is 9.59 Å². The minimum atomic E-state index is -0.761. The summed E-state index contributed by atoms with van der Waals surface area (Å²) in [6, 6.07) is 4.36. The van der Waals surface area contributed by atoms with Crippen LogP contribution in [0, 0.1) is 6.92 Å². The highest BCUT2D eigenvalue weighted by Gasteiger charge is 2.16. The molecule has 9 nitrogen and oxygen atoms in total. The molecule has 1 aromatic heterocycles. The molecule has 24 heavy (non-hydrogen) atoms. The Morgan fingerprint density at radius 1 is 1.25 bits per heavy atom. The van der Waals surface area contributed by atoms with Crippen LogP contribution in [0.25, 0.3) is 11.5 Å². The van der Waals surface area contributed by atoms with E-state index in [1.807, 2.05) is 0 Å². The Labute approximate surface area is 136 Å². The van der Waals surface area contributed by atoms with Gasteiger partial charge in [0.25, 0.3) is 5.89 Å². The molecule has 2 N–H and O–H groups in total. The van der Waals surface area contributed by atoms with Gasteiger partial charge in [0.1, 0.15) is 11.4 Å². The second kappa shape index (κ2) is 7.27. The van der Waals surface area contributed by atoms with Crippen LogP contribution in [-0.4, -0.2) is 41.5 Å². The number of esters is 2. The maximum atomic E-state index is 11.7. The van der Waals surface area contributed by atoms with Crippen LogP contribution in [0.5, 0.6) is 5.75 Å². The topological polar surface area (TPSA) is 124 Å². The van der Waals surface area contributed by atoms with Crippen LogP contribution < -0.4 is 5.32 Å². The SMILES string of the molecule is COC(=O)/C=C(/Nc1ccc(O)c(-c2nnc(C)o2)c1)C(=O)OC. The third kappa shape index (κ3) is 3.88. The van der Waals surface area contributed by atoms with E-state index in [1.54, 1.807) is 6.92 Å². The van der Waals surface area contributed by atoms with Gasteiger partial charge in [-0.1, -0.05) is 0 Å². The third-order valence-electron chi connectivity index (χ3n) is 2.90. The maximum Gasteiger partial charge on any atom is 0.354 e. The Hall–Kier alpha value is -3.36. The number of benzene rings is 1. The quantitative estimate of drug-likeness (QED) is 0.474. The summed E-state index contributed by atoms with van der Waals surface area (Å²) >= 11 is 0. The molecule has 0 aliphatic rings. The van der Waals surface area contributed by atoms with Crippen LogP contribution in [0.1, 0.15) is 5.89 Å². The molecule has 0 unspecified atom stereocenters. The zero-order valence-electron chi connectivity index (χ0n) is 13.2. The van der Waals surface area contributed by atoms with Gasteiger partial charge >= 0.3 is 11.9 Å². The third-order valence-corrected chi connectivity index (χ3v) is 2.90. The summed E-state index contributed by atoms with van der Waals surface area (Å²) in [5.41, 5.74) is 0.518. The number of carbonyl (C=O) groups excluding carboxylic acids is 2. The predicted octanol–water partition coefficient (Wildman–Crippen LogP) is 1.39. The zero-order chi connectivity index (χ0) is 17.7. The monoisotopic (exact) mass is 333 g/mol. The van der Waals surface area contributed by atoms with Crippen LogP contribution in [0.3, 0.4) is 0 Å². The number of rotatable bonds is 5. The van der Waals surface area contributed by atoms with Crippen molar-refractivity contribution in [2.45, 2.75) is 6.92 Å². The van der Waals surface area contributed by atoms with Gasteiger partial charge < -0.3 is 24.3 Å². The molecule has 0 amide bonds. The van der Waals surface area contributed by atoms with Crippen molar-refractivity contribution in [2.75, 3.05) is 19.5 Å². The Morgan fingerprint density at radius 2 is 2.00 bits per heavy atom. The number of phenolic OH excluding ortho intramolecular Hbond substituents is 1. The second-order valence-electron chi connectivity index (χ2n) is 4.56. The molecule has 0 aliphatic carbocycles. The normalized spacial score (nSPS) is 11.0. The number of aromatic hydroxyl groups is 1. The highest BCUT2D eigenvalue weighted by Crippen LogP contribution is 2.31. The standard InChI is InChI=1S/C15H15N3O6/c1-8-17-18-14(24-8)10-6-9(4-5-12(10)19)16-11(15(21)23-3)7-13(20)22-2/h4-7,16,19H,1-3H3/b11-7+. The lowest BCUT2D eigenvalue weighted by Crippen LogP contribution is -2.15. The molecule has 0 spiro atoms. The van der Waals surface area contributed by atoms with E-state index >= 15 is 0 Å². The summed E-state index contributed by atoms with van der Waals surface area (Å²) in [6.45, 7) is 1.62. The first-order valence-electron chi connectivity index (χ1n) is 6.73. The van der Waals surface area contributed by atoms with Crippen molar-refractivity contribution in [2.24, 2.45) is 0 Å². The first kappa shape index (κ1) is 17.0. The number of aromatic nitrogens is 2. The fraction of sp³-hybridized carbons (Fsp3) is 0.200. The van der Waals surface area contributed by atoms with E-state index in [0.29, 0.717) is 11.6 Å². The first-order chi connectivity index (χ1) is 11.4. The molecule has 2 aromatic rings. The van der Waals surface area contributed by atoms with E-state index in [-0.39, 0.29) is 22.9 Å². The summed E-state index contributed by atoms with van der Waals surface area (Å²) in [4.78, 5) is 23.1. The molecule has 0 saturated heterocycles. The predicted molar refractivity (Wildman–Crippen MR) is 81.9 cm³/mol. The lowest BCUT2D eigenvalue weighted by atomic mass is 10.1. The van der Waals surface area contributed by atoms with E-state index in [1.165, 1.54) is 32.4 Å². The zero-order valence-corrected chi connectivity index (χ0v) is 13.2. The number of carbonyl (C=O) groups is 2. The van der Waals surface area contributed by atoms with Crippen LogP contribution in [0.2, 0.25) is 0 Å². The highest BCUT2D eigenvalue weighted by molar-refractivity contribution is 5.98. The summed E-state index contributed by atoms with van der Waals surface area (Å²) in [5, 5.41) is 20.2. The number of nitrogens with zero attached hydrogens (tertiary/aromatic N) is 2. The Bertz CT molecular complexity index is 796. The fourth-order valence-corrected chi connectivity index (χ4v) is 1.78. The van der Waals surface area contributed by atoms with E-state index in [9.17, 15) is 14.7 Å². The van der Waals surface area contributed by atoms with Gasteiger partial charge in [0.05, 0.1) is 25.9 Å². The number of phenols is 1. The molecule has 1 aromatic carbocycles. The Morgan fingerprint density at radius 3 is 2.58 bits per heavy atom. The molecule has 0 radical (unpaired) electrons. The van der Waals surface area contributed by atoms with Crippen molar-refractivity contribution in [1.82, 2.24) is 10.2 Å². The number of anilines is 1. The van der Waals surface area contributed by atoms with Gasteiger partial charge in [-0.2, -0.15) is 0 Å².